The zero-order valence-corrected chi connectivity index (χ0v) is 52.4. The molecule has 0 saturated carbocycles. The van der Waals surface area contributed by atoms with Crippen molar-refractivity contribution in [3.63, 3.8) is 0 Å². The Morgan fingerprint density at radius 1 is 0.370 bits per heavy atom. The number of hydrogen-bond acceptors (Lipinski definition) is 7. The van der Waals surface area contributed by atoms with Gasteiger partial charge in [-0.3, -0.25) is 9.59 Å². The summed E-state index contributed by atoms with van der Waals surface area (Å²) in [7, 11) is 5.96. The second-order valence-corrected chi connectivity index (χ2v) is 22.3. The van der Waals surface area contributed by atoms with Crippen LogP contribution < -0.4 is 0 Å². The molecule has 81 heavy (non-hydrogen) atoms. The summed E-state index contributed by atoms with van der Waals surface area (Å²) in [5.41, 5.74) is 0. The number of aliphatic carboxylic acids is 1. The number of unbranched alkanes of at least 4 members (excludes halogenated alkanes) is 21. The number of esters is 2. The van der Waals surface area contributed by atoms with Crippen LogP contribution in [0.2, 0.25) is 0 Å². The molecule has 0 rings (SSSR count). The summed E-state index contributed by atoms with van der Waals surface area (Å²) in [5.74, 6) is -2.04. The van der Waals surface area contributed by atoms with Gasteiger partial charge in [-0.2, -0.15) is 0 Å². The van der Waals surface area contributed by atoms with Gasteiger partial charge in [0.25, 0.3) is 6.29 Å². The van der Waals surface area contributed by atoms with Crippen molar-refractivity contribution in [2.24, 2.45) is 0 Å². The van der Waals surface area contributed by atoms with E-state index >= 15 is 0 Å². The van der Waals surface area contributed by atoms with Crippen LogP contribution in [0.5, 0.6) is 0 Å². The fourth-order valence-electron chi connectivity index (χ4n) is 8.51. The maximum Gasteiger partial charge on any atom is 0.361 e. The number of allylic oxidation sites excluding steroid dienone is 22. The van der Waals surface area contributed by atoms with Crippen molar-refractivity contribution >= 4 is 17.9 Å². The molecule has 0 saturated heterocycles. The Morgan fingerprint density at radius 3 is 0.988 bits per heavy atom. The molecule has 0 aliphatic rings. The van der Waals surface area contributed by atoms with Crippen molar-refractivity contribution in [3.05, 3.63) is 134 Å². The molecule has 0 aliphatic carbocycles. The van der Waals surface area contributed by atoms with Gasteiger partial charge in [0.15, 0.2) is 6.10 Å². The number of likely N-dealkylation sites (N-methyl/N-ethyl adjacent to an activating group) is 1. The van der Waals surface area contributed by atoms with Crippen LogP contribution in [0.25, 0.3) is 0 Å². The Balaban J connectivity index is 4.17. The summed E-state index contributed by atoms with van der Waals surface area (Å²) >= 11 is 0. The molecule has 0 fully saturated rings. The Kier molecular flexibility index (Phi) is 58.0. The first-order valence-corrected chi connectivity index (χ1v) is 32.3. The van der Waals surface area contributed by atoms with Crippen LogP contribution in [0.4, 0.5) is 0 Å². The quantitative estimate of drug-likeness (QED) is 0.0211. The Morgan fingerprint density at radius 2 is 0.667 bits per heavy atom. The maximum absolute atomic E-state index is 12.9. The predicted octanol–water partition coefficient (Wildman–Crippen LogP) is 19.8. The number of nitrogens with zero attached hydrogens (tertiary/aromatic N) is 1. The Bertz CT molecular complexity index is 1790. The lowest BCUT2D eigenvalue weighted by molar-refractivity contribution is -0.870. The number of carbonyl (C=O) groups excluding carboxylic acids is 2. The molecule has 2 atom stereocenters. The molecular weight excluding hydrogens is 1010 g/mol. The smallest absolute Gasteiger partial charge is 0.361 e. The third-order valence-electron chi connectivity index (χ3n) is 13.4. The lowest BCUT2D eigenvalue weighted by atomic mass is 10.0. The fraction of sp³-hybridized carbons (Fsp3) is 0.653. The van der Waals surface area contributed by atoms with Crippen LogP contribution in [0.3, 0.4) is 0 Å². The van der Waals surface area contributed by atoms with Crippen LogP contribution >= 0.6 is 0 Å². The Labute approximate surface area is 497 Å². The molecular formula is C72H120NO8+. The van der Waals surface area contributed by atoms with Gasteiger partial charge in [-0.25, -0.2) is 4.79 Å². The van der Waals surface area contributed by atoms with Crippen LogP contribution in [-0.2, 0) is 33.3 Å². The molecule has 9 nitrogen and oxygen atoms in total. The topological polar surface area (TPSA) is 108 Å². The van der Waals surface area contributed by atoms with E-state index in [1.54, 1.807) is 0 Å². The number of ether oxygens (including phenoxy) is 4. The third-order valence-corrected chi connectivity index (χ3v) is 13.4. The molecule has 1 N–H and O–H groups in total. The zero-order chi connectivity index (χ0) is 59.1. The van der Waals surface area contributed by atoms with Gasteiger partial charge in [0.05, 0.1) is 34.4 Å². The lowest BCUT2D eigenvalue weighted by Gasteiger charge is -2.25. The average molecular weight is 1130 g/mol. The van der Waals surface area contributed by atoms with Crippen LogP contribution in [0, 0.1) is 0 Å². The van der Waals surface area contributed by atoms with E-state index in [1.807, 2.05) is 21.1 Å². The van der Waals surface area contributed by atoms with E-state index in [0.29, 0.717) is 17.4 Å². The van der Waals surface area contributed by atoms with E-state index in [4.69, 9.17) is 18.9 Å². The molecule has 2 unspecified atom stereocenters. The monoisotopic (exact) mass is 1130 g/mol. The maximum atomic E-state index is 12.9. The molecule has 460 valence electrons. The lowest BCUT2D eigenvalue weighted by Crippen LogP contribution is -2.40. The molecule has 9 heteroatoms. The summed E-state index contributed by atoms with van der Waals surface area (Å²) in [6.07, 6.45) is 85.5. The molecule has 0 spiro atoms. The minimum absolute atomic E-state index is 0.178. The normalized spacial score (nSPS) is 13.6. The van der Waals surface area contributed by atoms with E-state index in [0.717, 1.165) is 128 Å². The van der Waals surface area contributed by atoms with E-state index in [-0.39, 0.29) is 38.6 Å². The third kappa shape index (κ3) is 62.9. The number of quaternary nitrogens is 1. The highest BCUT2D eigenvalue weighted by Gasteiger charge is 2.25. The highest BCUT2D eigenvalue weighted by Crippen LogP contribution is 2.16. The van der Waals surface area contributed by atoms with E-state index < -0.39 is 24.3 Å². The zero-order valence-electron chi connectivity index (χ0n) is 52.4. The summed E-state index contributed by atoms with van der Waals surface area (Å²) < 4.78 is 22.9. The first-order chi connectivity index (χ1) is 39.6. The van der Waals surface area contributed by atoms with Gasteiger partial charge in [-0.1, -0.05) is 257 Å². The number of hydrogen-bond donors (Lipinski definition) is 1. The molecule has 0 aliphatic heterocycles. The van der Waals surface area contributed by atoms with Crippen LogP contribution in [0.1, 0.15) is 245 Å². The first kappa shape index (κ1) is 76.4. The number of rotatable bonds is 58. The fourth-order valence-corrected chi connectivity index (χ4v) is 8.51. The van der Waals surface area contributed by atoms with Gasteiger partial charge in [-0.05, 0) is 109 Å². The van der Waals surface area contributed by atoms with Gasteiger partial charge in [0.1, 0.15) is 13.2 Å². The number of carboxylic acid groups (broad SMARTS) is 1. The minimum atomic E-state index is -1.52. The van der Waals surface area contributed by atoms with Gasteiger partial charge >= 0.3 is 17.9 Å². The van der Waals surface area contributed by atoms with E-state index in [2.05, 4.69) is 148 Å². The van der Waals surface area contributed by atoms with Crippen molar-refractivity contribution in [1.82, 2.24) is 0 Å². The summed E-state index contributed by atoms with van der Waals surface area (Å²) in [6, 6.07) is 0. The molecule has 0 heterocycles. The van der Waals surface area contributed by atoms with Crippen molar-refractivity contribution in [1.29, 1.82) is 0 Å². The highest BCUT2D eigenvalue weighted by molar-refractivity contribution is 5.71. The van der Waals surface area contributed by atoms with Gasteiger partial charge in [0.2, 0.25) is 0 Å². The summed E-state index contributed by atoms with van der Waals surface area (Å²) in [6.45, 7) is 4.62. The molecule has 0 amide bonds. The van der Waals surface area contributed by atoms with Crippen molar-refractivity contribution in [3.8, 4) is 0 Å². The molecule has 0 aromatic rings. The van der Waals surface area contributed by atoms with Gasteiger partial charge in [-0.15, -0.1) is 0 Å². The predicted molar refractivity (Wildman–Crippen MR) is 345 cm³/mol. The van der Waals surface area contributed by atoms with Gasteiger partial charge in [0, 0.05) is 12.8 Å². The van der Waals surface area contributed by atoms with Gasteiger partial charge < -0.3 is 28.5 Å². The standard InChI is InChI=1S/C72H119NO8/c1-6-8-10-12-14-16-18-20-22-24-26-28-29-30-31-32-33-34-35-36-37-38-39-40-41-43-45-47-49-51-53-55-57-59-61-63-70(75)81-68(67-80-72(71(76)77)78-65-64-73(3,4)5)66-79-69(74)62-60-58-56-54-52-50-48-46-44-42-27-25-23-21-19-17-15-13-11-9-7-2/h8-11,14-17,20-23,26-28,30-31,33-34,42,46,48,68,72H,6-7,12-13,18-19,24-25,29,32,35-41,43-45,47,49-67H2,1-5H3/p+1/b10-8-,11-9-,16-14-,17-15-,22-20-,23-21-,28-26-,31-30-,34-33-,42-27-,48-46-. The minimum Gasteiger partial charge on any atom is -0.477 e. The summed E-state index contributed by atoms with van der Waals surface area (Å²) in [5, 5.41) is 9.73. The largest absolute Gasteiger partial charge is 0.477 e. The number of carboxylic acids is 1. The van der Waals surface area contributed by atoms with Crippen molar-refractivity contribution in [2.45, 2.75) is 257 Å². The Hall–Kier alpha value is -4.57. The van der Waals surface area contributed by atoms with Crippen LogP contribution in [0.15, 0.2) is 134 Å². The molecule has 0 aromatic carbocycles. The van der Waals surface area contributed by atoms with Crippen molar-refractivity contribution < 1.29 is 42.9 Å². The SMILES string of the molecule is CC/C=C\C/C=C\C/C=C\C/C=C\C/C=C\C/C=C\CCCCCCCCCCCCCCCCCCC(=O)OC(COC(=O)CCCCCCC/C=C\C/C=C\C/C=C\C/C=C\C/C=C\CC)COC(OCC[N+](C)(C)C)C(=O)O. The highest BCUT2D eigenvalue weighted by atomic mass is 16.7. The second kappa shape index (κ2) is 61.5. The number of carbonyl (C=O) groups is 3. The van der Waals surface area contributed by atoms with E-state index in [9.17, 15) is 19.5 Å². The van der Waals surface area contributed by atoms with E-state index in [1.165, 1.54) is 83.5 Å². The molecule has 0 radical (unpaired) electrons. The molecule has 0 bridgehead atoms. The second-order valence-electron chi connectivity index (χ2n) is 22.3. The average Bonchev–Trinajstić information content (AvgIpc) is 3.44. The molecule has 0 aromatic heterocycles. The van der Waals surface area contributed by atoms with Crippen LogP contribution in [-0.4, -0.2) is 87.4 Å². The first-order valence-electron chi connectivity index (χ1n) is 32.3. The van der Waals surface area contributed by atoms with Crippen molar-refractivity contribution in [2.75, 3.05) is 47.5 Å². The summed E-state index contributed by atoms with van der Waals surface area (Å²) in [4.78, 5) is 37.5.